The van der Waals surface area contributed by atoms with E-state index < -0.39 is 0 Å². The maximum absolute atomic E-state index is 5.74. The van der Waals surface area contributed by atoms with Crippen LogP contribution in [-0.4, -0.2) is 19.1 Å². The summed E-state index contributed by atoms with van der Waals surface area (Å²) in [5.41, 5.74) is 6.59. The molecule has 0 aliphatic rings. The Morgan fingerprint density at radius 3 is 2.65 bits per heavy atom. The first-order chi connectivity index (χ1) is 8.19. The standard InChI is InChI=1S/C13H17N3O/c1-4-10(5-2)15-13(14)16-11-6-8-12(17-3)9-7-11/h1,6-10H,5H2,2-3H3,(H3,14,15,16). The summed E-state index contributed by atoms with van der Waals surface area (Å²) in [6, 6.07) is 7.22. The van der Waals surface area contributed by atoms with Crippen molar-refractivity contribution in [2.24, 2.45) is 10.7 Å². The van der Waals surface area contributed by atoms with Crippen LogP contribution in [0.4, 0.5) is 5.69 Å². The van der Waals surface area contributed by atoms with Gasteiger partial charge in [-0.25, -0.2) is 4.99 Å². The summed E-state index contributed by atoms with van der Waals surface area (Å²) in [6.45, 7) is 1.97. The lowest BCUT2D eigenvalue weighted by atomic mass is 10.2. The number of rotatable bonds is 4. The summed E-state index contributed by atoms with van der Waals surface area (Å²) in [7, 11) is 1.62. The van der Waals surface area contributed by atoms with Crippen LogP contribution in [0.3, 0.4) is 0 Å². The number of ether oxygens (including phenoxy) is 1. The minimum atomic E-state index is -0.180. The molecule has 0 fully saturated rings. The number of guanidine groups is 1. The summed E-state index contributed by atoms with van der Waals surface area (Å²) in [5.74, 6) is 3.67. The third kappa shape index (κ3) is 4.07. The Hall–Kier alpha value is -2.15. The molecule has 90 valence electrons. The quantitative estimate of drug-likeness (QED) is 0.472. The molecule has 1 aromatic rings. The van der Waals surface area contributed by atoms with Crippen molar-refractivity contribution in [3.05, 3.63) is 24.3 Å². The molecule has 4 heteroatoms. The van der Waals surface area contributed by atoms with E-state index in [1.165, 1.54) is 0 Å². The summed E-state index contributed by atoms with van der Waals surface area (Å²) < 4.78 is 5.06. The highest BCUT2D eigenvalue weighted by Gasteiger charge is 2.00. The van der Waals surface area contributed by atoms with E-state index in [2.05, 4.69) is 16.2 Å². The van der Waals surface area contributed by atoms with Gasteiger partial charge in [0, 0.05) is 5.69 Å². The molecule has 1 aromatic carbocycles. The molecule has 0 amide bonds. The van der Waals surface area contributed by atoms with Gasteiger partial charge in [0.25, 0.3) is 0 Å². The number of terminal acetylenes is 1. The lowest BCUT2D eigenvalue weighted by Crippen LogP contribution is -2.24. The summed E-state index contributed by atoms with van der Waals surface area (Å²) in [5, 5.41) is 2.97. The van der Waals surface area contributed by atoms with Crippen LogP contribution >= 0.6 is 0 Å². The number of anilines is 1. The molecule has 1 atom stereocenters. The summed E-state index contributed by atoms with van der Waals surface area (Å²) in [6.07, 6.45) is 6.07. The lowest BCUT2D eigenvalue weighted by Gasteiger charge is -2.08. The molecular weight excluding hydrogens is 214 g/mol. The molecule has 0 aliphatic carbocycles. The van der Waals surface area contributed by atoms with E-state index in [1.807, 2.05) is 31.2 Å². The van der Waals surface area contributed by atoms with Crippen LogP contribution in [0.2, 0.25) is 0 Å². The number of nitrogens with two attached hydrogens (primary N) is 1. The lowest BCUT2D eigenvalue weighted by molar-refractivity contribution is 0.415. The first-order valence-corrected chi connectivity index (χ1v) is 5.40. The Kier molecular flexibility index (Phi) is 4.89. The maximum atomic E-state index is 5.74. The van der Waals surface area contributed by atoms with Gasteiger partial charge in [0.2, 0.25) is 0 Å². The van der Waals surface area contributed by atoms with Gasteiger partial charge in [0.15, 0.2) is 5.96 Å². The second-order valence-corrected chi connectivity index (χ2v) is 3.46. The molecule has 0 heterocycles. The Bertz CT molecular complexity index is 417. The molecule has 0 saturated heterocycles. The van der Waals surface area contributed by atoms with Gasteiger partial charge in [-0.1, -0.05) is 12.8 Å². The Morgan fingerprint density at radius 2 is 2.18 bits per heavy atom. The van der Waals surface area contributed by atoms with Crippen molar-refractivity contribution in [1.29, 1.82) is 0 Å². The summed E-state index contributed by atoms with van der Waals surface area (Å²) in [4.78, 5) is 4.17. The Labute approximate surface area is 102 Å². The second kappa shape index (κ2) is 6.44. The smallest absolute Gasteiger partial charge is 0.194 e. The third-order valence-electron chi connectivity index (χ3n) is 2.24. The van der Waals surface area contributed by atoms with Crippen molar-refractivity contribution in [2.75, 3.05) is 12.4 Å². The van der Waals surface area contributed by atoms with Gasteiger partial charge in [-0.3, -0.25) is 0 Å². The van der Waals surface area contributed by atoms with E-state index in [9.17, 15) is 0 Å². The number of nitrogens with zero attached hydrogens (tertiary/aromatic N) is 1. The molecule has 3 N–H and O–H groups in total. The van der Waals surface area contributed by atoms with Gasteiger partial charge < -0.3 is 15.8 Å². The molecule has 1 unspecified atom stereocenters. The summed E-state index contributed by atoms with van der Waals surface area (Å²) >= 11 is 0. The van der Waals surface area contributed by atoms with Crippen molar-refractivity contribution in [1.82, 2.24) is 0 Å². The van der Waals surface area contributed by atoms with E-state index in [0.717, 1.165) is 17.9 Å². The van der Waals surface area contributed by atoms with E-state index in [1.54, 1.807) is 7.11 Å². The van der Waals surface area contributed by atoms with Crippen LogP contribution in [-0.2, 0) is 0 Å². The van der Waals surface area contributed by atoms with E-state index in [-0.39, 0.29) is 6.04 Å². The largest absolute Gasteiger partial charge is 0.497 e. The first-order valence-electron chi connectivity index (χ1n) is 5.40. The van der Waals surface area contributed by atoms with Crippen molar-refractivity contribution >= 4 is 11.6 Å². The van der Waals surface area contributed by atoms with Crippen molar-refractivity contribution in [3.8, 4) is 18.1 Å². The Morgan fingerprint density at radius 1 is 1.53 bits per heavy atom. The van der Waals surface area contributed by atoms with Gasteiger partial charge in [-0.2, -0.15) is 0 Å². The predicted octanol–water partition coefficient (Wildman–Crippen LogP) is 1.83. The zero-order valence-electron chi connectivity index (χ0n) is 10.1. The number of hydrogen-bond donors (Lipinski definition) is 2. The number of nitrogens with one attached hydrogen (secondary N) is 1. The molecule has 0 aromatic heterocycles. The minimum Gasteiger partial charge on any atom is -0.497 e. The molecule has 0 saturated carbocycles. The molecule has 1 rings (SSSR count). The van der Waals surface area contributed by atoms with Crippen molar-refractivity contribution < 1.29 is 4.74 Å². The number of aliphatic imine (C=N–C) groups is 1. The SMILES string of the molecule is C#CC(CC)N=C(N)Nc1ccc(OC)cc1. The van der Waals surface area contributed by atoms with E-state index in [4.69, 9.17) is 16.9 Å². The normalized spacial score (nSPS) is 12.6. The molecule has 0 spiro atoms. The maximum Gasteiger partial charge on any atom is 0.194 e. The molecule has 17 heavy (non-hydrogen) atoms. The Balaban J connectivity index is 2.67. The molecule has 4 nitrogen and oxygen atoms in total. The topological polar surface area (TPSA) is 59.6 Å². The fourth-order valence-electron chi connectivity index (χ4n) is 1.27. The zero-order valence-corrected chi connectivity index (χ0v) is 10.1. The molecular formula is C13H17N3O. The van der Waals surface area contributed by atoms with Crippen molar-refractivity contribution in [2.45, 2.75) is 19.4 Å². The average Bonchev–Trinajstić information content (AvgIpc) is 2.37. The predicted molar refractivity (Wildman–Crippen MR) is 71.2 cm³/mol. The second-order valence-electron chi connectivity index (χ2n) is 3.46. The van der Waals surface area contributed by atoms with Crippen LogP contribution in [0.25, 0.3) is 0 Å². The van der Waals surface area contributed by atoms with Crippen LogP contribution < -0.4 is 15.8 Å². The van der Waals surface area contributed by atoms with Gasteiger partial charge in [0.05, 0.1) is 7.11 Å². The highest BCUT2D eigenvalue weighted by atomic mass is 16.5. The van der Waals surface area contributed by atoms with E-state index >= 15 is 0 Å². The van der Waals surface area contributed by atoms with Crippen LogP contribution in [0, 0.1) is 12.3 Å². The fourth-order valence-corrected chi connectivity index (χ4v) is 1.27. The number of benzene rings is 1. The minimum absolute atomic E-state index is 0.180. The van der Waals surface area contributed by atoms with Crippen LogP contribution in [0.15, 0.2) is 29.3 Å². The van der Waals surface area contributed by atoms with E-state index in [0.29, 0.717) is 5.96 Å². The highest BCUT2D eigenvalue weighted by Crippen LogP contribution is 2.14. The van der Waals surface area contributed by atoms with Gasteiger partial charge >= 0.3 is 0 Å². The molecule has 0 bridgehead atoms. The monoisotopic (exact) mass is 231 g/mol. The molecule has 0 radical (unpaired) electrons. The zero-order chi connectivity index (χ0) is 12.7. The van der Waals surface area contributed by atoms with Gasteiger partial charge in [-0.15, -0.1) is 6.42 Å². The van der Waals surface area contributed by atoms with Crippen LogP contribution in [0.1, 0.15) is 13.3 Å². The number of hydrogen-bond acceptors (Lipinski definition) is 2. The van der Waals surface area contributed by atoms with Gasteiger partial charge in [0.1, 0.15) is 11.8 Å². The van der Waals surface area contributed by atoms with Gasteiger partial charge in [-0.05, 0) is 30.7 Å². The third-order valence-corrected chi connectivity index (χ3v) is 2.24. The number of methoxy groups -OCH3 is 1. The van der Waals surface area contributed by atoms with Crippen LogP contribution in [0.5, 0.6) is 5.75 Å². The fraction of sp³-hybridized carbons (Fsp3) is 0.308. The molecule has 0 aliphatic heterocycles. The van der Waals surface area contributed by atoms with Crippen molar-refractivity contribution in [3.63, 3.8) is 0 Å². The highest BCUT2D eigenvalue weighted by molar-refractivity contribution is 5.92. The average molecular weight is 231 g/mol. The first kappa shape index (κ1) is 12.9.